The first-order chi connectivity index (χ1) is 14.8. The quantitative estimate of drug-likeness (QED) is 0.186. The third kappa shape index (κ3) is 5.69. The third-order valence-electron chi connectivity index (χ3n) is 4.25. The van der Waals surface area contributed by atoms with Gasteiger partial charge in [-0.25, -0.2) is 9.59 Å². The number of halogens is 3. The number of carbonyl (C=O) groups excluding carboxylic acids is 2. The van der Waals surface area contributed by atoms with E-state index in [1.165, 1.54) is 0 Å². The maximum absolute atomic E-state index is 11.7. The maximum Gasteiger partial charge on any atom is 0.355 e. The van der Waals surface area contributed by atoms with E-state index in [0.29, 0.717) is 24.6 Å². The highest BCUT2D eigenvalue weighted by Gasteiger charge is 2.16. The summed E-state index contributed by atoms with van der Waals surface area (Å²) in [4.78, 5) is 29.2. The number of hydrogen-bond acceptors (Lipinski definition) is 4. The monoisotopic (exact) mass is 660 g/mol. The maximum atomic E-state index is 11.7. The number of H-pyrrole nitrogens is 2. The second-order valence-electron chi connectivity index (χ2n) is 6.36. The zero-order valence-electron chi connectivity index (χ0n) is 16.7. The molecule has 2 heterocycles. The summed E-state index contributed by atoms with van der Waals surface area (Å²) in [6, 6.07) is 13.4. The summed E-state index contributed by atoms with van der Waals surface area (Å²) in [6.45, 7) is 4.35. The summed E-state index contributed by atoms with van der Waals surface area (Å²) in [5.41, 5.74) is 2.89. The first kappa shape index (κ1) is 23.8. The van der Waals surface area contributed by atoms with Gasteiger partial charge in [-0.2, -0.15) is 0 Å². The van der Waals surface area contributed by atoms with E-state index >= 15 is 0 Å². The first-order valence-corrected chi connectivity index (χ1v) is 12.1. The van der Waals surface area contributed by atoms with Gasteiger partial charge >= 0.3 is 11.9 Å². The summed E-state index contributed by atoms with van der Waals surface area (Å²) >= 11 is 8.94. The van der Waals surface area contributed by atoms with Crippen LogP contribution in [0.5, 0.6) is 0 Å². The van der Waals surface area contributed by atoms with Gasteiger partial charge in [-0.15, -0.1) is 0 Å². The molecule has 0 bridgehead atoms. The number of benzene rings is 2. The molecule has 0 saturated heterocycles. The standard InChI is InChI=1S/C11H9BrINO2.C11H10BrNO2/c1-2-16-11(15)10-9(13)7-5-6(12)3-4-8(7)14-10;1-2-15-11(14)10-6-7-5-8(12)3-4-9(7)13-10/h3-5,14H,2H2,1H3;3-6,13H,2H2,1H3. The minimum atomic E-state index is -0.315. The number of fused-ring (bicyclic) bond motifs is 2. The molecule has 0 atom stereocenters. The van der Waals surface area contributed by atoms with Crippen LogP contribution >= 0.6 is 54.5 Å². The van der Waals surface area contributed by atoms with E-state index in [-0.39, 0.29) is 11.9 Å². The molecule has 4 rings (SSSR count). The van der Waals surface area contributed by atoms with Gasteiger partial charge in [0.1, 0.15) is 11.4 Å². The molecule has 0 aliphatic heterocycles. The summed E-state index contributed by atoms with van der Waals surface area (Å²) in [7, 11) is 0. The minimum absolute atomic E-state index is 0.306. The molecule has 2 N–H and O–H groups in total. The van der Waals surface area contributed by atoms with E-state index in [1.54, 1.807) is 19.9 Å². The molecule has 9 heteroatoms. The minimum Gasteiger partial charge on any atom is -0.461 e. The van der Waals surface area contributed by atoms with Gasteiger partial charge in [0.2, 0.25) is 0 Å². The Morgan fingerprint density at radius 3 is 2.16 bits per heavy atom. The summed E-state index contributed by atoms with van der Waals surface area (Å²) < 4.78 is 12.8. The predicted molar refractivity (Wildman–Crippen MR) is 137 cm³/mol. The van der Waals surface area contributed by atoms with Crippen LogP contribution in [0, 0.1) is 3.57 Å². The van der Waals surface area contributed by atoms with Crippen molar-refractivity contribution in [1.29, 1.82) is 0 Å². The van der Waals surface area contributed by atoms with Crippen LogP contribution in [-0.2, 0) is 9.47 Å². The van der Waals surface area contributed by atoms with Gasteiger partial charge in [0, 0.05) is 30.8 Å². The van der Waals surface area contributed by atoms with Crippen molar-refractivity contribution in [3.8, 4) is 0 Å². The number of hydrogen-bond donors (Lipinski definition) is 2. The lowest BCUT2D eigenvalue weighted by atomic mass is 10.2. The van der Waals surface area contributed by atoms with Crippen LogP contribution in [0.2, 0.25) is 0 Å². The Kier molecular flexibility index (Phi) is 8.17. The molecule has 31 heavy (non-hydrogen) atoms. The molecular formula is C22H19Br2IN2O4. The number of aromatic amines is 2. The van der Waals surface area contributed by atoms with E-state index in [4.69, 9.17) is 9.47 Å². The zero-order valence-corrected chi connectivity index (χ0v) is 22.1. The van der Waals surface area contributed by atoms with Gasteiger partial charge in [-0.3, -0.25) is 0 Å². The van der Waals surface area contributed by atoms with Crippen LogP contribution in [0.4, 0.5) is 0 Å². The molecule has 0 aliphatic rings. The molecule has 0 radical (unpaired) electrons. The molecule has 4 aromatic rings. The van der Waals surface area contributed by atoms with E-state index in [0.717, 1.165) is 34.3 Å². The fourth-order valence-electron chi connectivity index (χ4n) is 2.90. The molecule has 0 spiro atoms. The van der Waals surface area contributed by atoms with Gasteiger partial charge in [0.05, 0.1) is 16.8 Å². The SMILES string of the molecule is CCOC(=O)c1[nH]c2ccc(Br)cc2c1I.CCOC(=O)c1cc2cc(Br)ccc2[nH]1. The van der Waals surface area contributed by atoms with Crippen LogP contribution in [0.15, 0.2) is 51.4 Å². The van der Waals surface area contributed by atoms with Crippen molar-refractivity contribution in [3.05, 3.63) is 66.4 Å². The summed E-state index contributed by atoms with van der Waals surface area (Å²) in [5.74, 6) is -0.621. The van der Waals surface area contributed by atoms with E-state index < -0.39 is 0 Å². The van der Waals surface area contributed by atoms with Gasteiger partial charge in [-0.1, -0.05) is 31.9 Å². The average molecular weight is 662 g/mol. The third-order valence-corrected chi connectivity index (χ3v) is 6.36. The number of aromatic nitrogens is 2. The zero-order chi connectivity index (χ0) is 22.5. The molecule has 0 aliphatic carbocycles. The fraction of sp³-hybridized carbons (Fsp3) is 0.182. The van der Waals surface area contributed by atoms with Crippen molar-refractivity contribution in [2.75, 3.05) is 13.2 Å². The number of esters is 2. The number of ether oxygens (including phenoxy) is 2. The Balaban J connectivity index is 0.000000176. The average Bonchev–Trinajstić information content (AvgIpc) is 3.30. The van der Waals surface area contributed by atoms with Gasteiger partial charge in [-0.05, 0) is 78.9 Å². The highest BCUT2D eigenvalue weighted by atomic mass is 127. The molecule has 0 amide bonds. The van der Waals surface area contributed by atoms with Crippen LogP contribution in [0.1, 0.15) is 34.8 Å². The van der Waals surface area contributed by atoms with Crippen LogP contribution < -0.4 is 0 Å². The van der Waals surface area contributed by atoms with Gasteiger partial charge in [0.15, 0.2) is 0 Å². The fourth-order valence-corrected chi connectivity index (χ4v) is 4.44. The number of rotatable bonds is 4. The van der Waals surface area contributed by atoms with E-state index in [1.807, 2.05) is 36.4 Å². The van der Waals surface area contributed by atoms with Crippen molar-refractivity contribution < 1.29 is 19.1 Å². The molecule has 0 fully saturated rings. The smallest absolute Gasteiger partial charge is 0.355 e. The normalized spacial score (nSPS) is 10.6. The lowest BCUT2D eigenvalue weighted by Crippen LogP contribution is -2.06. The van der Waals surface area contributed by atoms with Crippen molar-refractivity contribution >= 4 is 88.2 Å². The lowest BCUT2D eigenvalue weighted by Gasteiger charge is -1.98. The first-order valence-electron chi connectivity index (χ1n) is 9.43. The van der Waals surface area contributed by atoms with Crippen molar-refractivity contribution in [2.24, 2.45) is 0 Å². The van der Waals surface area contributed by atoms with Crippen molar-refractivity contribution in [1.82, 2.24) is 9.97 Å². The Morgan fingerprint density at radius 2 is 1.48 bits per heavy atom. The second-order valence-corrected chi connectivity index (χ2v) is 9.27. The van der Waals surface area contributed by atoms with E-state index in [9.17, 15) is 9.59 Å². The highest BCUT2D eigenvalue weighted by Crippen LogP contribution is 2.27. The summed E-state index contributed by atoms with van der Waals surface area (Å²) in [5, 5.41) is 2.02. The van der Waals surface area contributed by atoms with Crippen LogP contribution in [0.25, 0.3) is 21.8 Å². The van der Waals surface area contributed by atoms with Gasteiger partial charge < -0.3 is 19.4 Å². The molecule has 2 aromatic carbocycles. The number of carbonyl (C=O) groups is 2. The number of nitrogens with one attached hydrogen (secondary N) is 2. The predicted octanol–water partition coefficient (Wildman–Crippen LogP) is 6.82. The molecule has 2 aromatic heterocycles. The Hall–Kier alpha value is -1.85. The lowest BCUT2D eigenvalue weighted by molar-refractivity contribution is 0.0510. The second kappa shape index (κ2) is 10.6. The molecule has 6 nitrogen and oxygen atoms in total. The van der Waals surface area contributed by atoms with Gasteiger partial charge in [0.25, 0.3) is 0 Å². The summed E-state index contributed by atoms with van der Waals surface area (Å²) in [6.07, 6.45) is 0. The Bertz CT molecular complexity index is 1250. The molecule has 0 saturated carbocycles. The Morgan fingerprint density at radius 1 is 0.871 bits per heavy atom. The topological polar surface area (TPSA) is 84.2 Å². The molecule has 0 unspecified atom stereocenters. The van der Waals surface area contributed by atoms with Crippen molar-refractivity contribution in [3.63, 3.8) is 0 Å². The van der Waals surface area contributed by atoms with Crippen LogP contribution in [0.3, 0.4) is 0 Å². The van der Waals surface area contributed by atoms with E-state index in [2.05, 4.69) is 64.4 Å². The van der Waals surface area contributed by atoms with Crippen LogP contribution in [-0.4, -0.2) is 35.1 Å². The molecule has 162 valence electrons. The Labute approximate surface area is 209 Å². The molecular weight excluding hydrogens is 643 g/mol. The largest absolute Gasteiger partial charge is 0.461 e. The van der Waals surface area contributed by atoms with Crippen molar-refractivity contribution in [2.45, 2.75) is 13.8 Å². The highest BCUT2D eigenvalue weighted by molar-refractivity contribution is 14.1.